The average Bonchev–Trinajstić information content (AvgIpc) is 2.93. The second-order valence-electron chi connectivity index (χ2n) is 10.1. The molecule has 0 amide bonds. The van der Waals surface area contributed by atoms with Gasteiger partial charge in [-0.05, 0) is 80.4 Å². The van der Waals surface area contributed by atoms with Crippen LogP contribution in [-0.4, -0.2) is 20.6 Å². The molecule has 2 aromatic carbocycles. The van der Waals surface area contributed by atoms with Gasteiger partial charge in [-0.2, -0.15) is 13.2 Å². The topological polar surface area (TPSA) is 55.1 Å². The van der Waals surface area contributed by atoms with E-state index in [9.17, 15) is 13.2 Å². The summed E-state index contributed by atoms with van der Waals surface area (Å²) in [5.41, 5.74) is 5.56. The van der Waals surface area contributed by atoms with Gasteiger partial charge in [-0.25, -0.2) is 4.98 Å². The second kappa shape index (κ2) is 10.2. The summed E-state index contributed by atoms with van der Waals surface area (Å²) in [5, 5.41) is 4.28. The minimum Gasteiger partial charge on any atom is -0.352 e. The maximum atomic E-state index is 13.3. The highest BCUT2D eigenvalue weighted by Gasteiger charge is 2.30. The summed E-state index contributed by atoms with van der Waals surface area (Å²) < 4.78 is 41.9. The molecule has 1 N–H and O–H groups in total. The van der Waals surface area contributed by atoms with E-state index in [1.807, 2.05) is 60.0 Å². The maximum Gasteiger partial charge on any atom is 0.416 e. The van der Waals surface area contributed by atoms with E-state index in [4.69, 9.17) is 9.98 Å². The molecule has 3 aromatic rings. The Labute approximate surface area is 224 Å². The Hall–Kier alpha value is -4.20. The van der Waals surface area contributed by atoms with Gasteiger partial charge in [0.05, 0.1) is 57.0 Å². The van der Waals surface area contributed by atoms with Gasteiger partial charge in [-0.1, -0.05) is 31.4 Å². The van der Waals surface area contributed by atoms with Crippen LogP contribution in [0.5, 0.6) is 0 Å². The molecule has 1 aromatic heterocycles. The van der Waals surface area contributed by atoms with E-state index >= 15 is 0 Å². The zero-order valence-electron chi connectivity index (χ0n) is 21.5. The number of pyridine rings is 1. The van der Waals surface area contributed by atoms with Gasteiger partial charge in [0.2, 0.25) is 0 Å². The summed E-state index contributed by atoms with van der Waals surface area (Å²) in [6.07, 6.45) is 3.02. The molecule has 198 valence electrons. The Balaban J connectivity index is 1.58. The number of nitrogens with zero attached hydrogens (tertiary/aromatic N) is 4. The Morgan fingerprint density at radius 2 is 1.69 bits per heavy atom. The van der Waals surface area contributed by atoms with Gasteiger partial charge < -0.3 is 9.88 Å². The molecule has 2 aliphatic carbocycles. The van der Waals surface area contributed by atoms with Crippen molar-refractivity contribution in [3.8, 4) is 17.1 Å². The fourth-order valence-corrected chi connectivity index (χ4v) is 5.23. The highest BCUT2D eigenvalue weighted by atomic mass is 19.4. The molecule has 0 atom stereocenters. The molecule has 8 heteroatoms. The van der Waals surface area contributed by atoms with E-state index < -0.39 is 11.7 Å². The lowest BCUT2D eigenvalue weighted by atomic mass is 9.96. The molecule has 3 aliphatic rings. The van der Waals surface area contributed by atoms with Crippen molar-refractivity contribution in [2.45, 2.75) is 51.2 Å². The van der Waals surface area contributed by atoms with E-state index in [0.29, 0.717) is 11.4 Å². The van der Waals surface area contributed by atoms with Gasteiger partial charge in [0.25, 0.3) is 0 Å². The van der Waals surface area contributed by atoms with Crippen LogP contribution in [0.4, 0.5) is 24.5 Å². The molecule has 0 spiro atoms. The Morgan fingerprint density at radius 3 is 2.41 bits per heavy atom. The van der Waals surface area contributed by atoms with Gasteiger partial charge in [0.15, 0.2) is 0 Å². The van der Waals surface area contributed by atoms with Crippen LogP contribution in [0.1, 0.15) is 43.4 Å². The van der Waals surface area contributed by atoms with Crippen LogP contribution in [-0.2, 0) is 6.18 Å². The third-order valence-corrected chi connectivity index (χ3v) is 7.24. The third-order valence-electron chi connectivity index (χ3n) is 7.24. The largest absolute Gasteiger partial charge is 0.416 e. The number of aromatic nitrogens is 3. The van der Waals surface area contributed by atoms with Crippen molar-refractivity contribution in [1.82, 2.24) is 14.5 Å². The SMILES string of the molecule is Cc1ccc(Nc2cc3nc4ccccc4n(-c4ccc(C(F)(F)F)cc4)c-3c/c2=N\C2CCCCC2)cn1. The molecule has 0 unspecified atom stereocenters. The number of nitrogens with one attached hydrogen (secondary N) is 1. The van der Waals surface area contributed by atoms with Gasteiger partial charge in [0, 0.05) is 11.4 Å². The van der Waals surface area contributed by atoms with E-state index in [0.717, 1.165) is 77.0 Å². The summed E-state index contributed by atoms with van der Waals surface area (Å²) in [7, 11) is 0. The van der Waals surface area contributed by atoms with Crippen LogP contribution in [0.15, 0.2) is 84.0 Å². The van der Waals surface area contributed by atoms with Gasteiger partial charge in [-0.15, -0.1) is 0 Å². The van der Waals surface area contributed by atoms with Crippen LogP contribution in [0.2, 0.25) is 0 Å². The van der Waals surface area contributed by atoms with E-state index in [-0.39, 0.29) is 6.04 Å². The van der Waals surface area contributed by atoms with Crippen molar-refractivity contribution in [2.75, 3.05) is 5.32 Å². The molecular weight excluding hydrogens is 499 g/mol. The van der Waals surface area contributed by atoms with Crippen LogP contribution in [0.25, 0.3) is 28.1 Å². The van der Waals surface area contributed by atoms with Gasteiger partial charge >= 0.3 is 6.18 Å². The number of benzene rings is 3. The van der Waals surface area contributed by atoms with Crippen molar-refractivity contribution >= 4 is 22.4 Å². The molecule has 2 heterocycles. The molecule has 0 bridgehead atoms. The number of halogens is 3. The monoisotopic (exact) mass is 527 g/mol. The van der Waals surface area contributed by atoms with Crippen LogP contribution in [0.3, 0.4) is 0 Å². The zero-order chi connectivity index (χ0) is 27.0. The van der Waals surface area contributed by atoms with E-state index in [2.05, 4.69) is 10.3 Å². The molecule has 39 heavy (non-hydrogen) atoms. The minimum absolute atomic E-state index is 0.223. The van der Waals surface area contributed by atoms with Gasteiger partial charge in [-0.3, -0.25) is 9.98 Å². The Morgan fingerprint density at radius 1 is 0.923 bits per heavy atom. The summed E-state index contributed by atoms with van der Waals surface area (Å²) in [5.74, 6) is 0. The standard InChI is InChI=1S/C31H28F3N5/c1-20-11-14-23(19-35-20)37-26-17-28-30(18-27(26)36-22-7-3-2-4-8-22)39(29-10-6-5-9-25(29)38-28)24-15-12-21(13-16-24)31(32,33)34/h5-6,9-19,22,37H,2-4,7-8H2,1H3/b36-27+. The molecule has 0 saturated heterocycles. The van der Waals surface area contributed by atoms with Crippen molar-refractivity contribution in [3.05, 3.63) is 95.6 Å². The molecule has 1 saturated carbocycles. The first-order valence-electron chi connectivity index (χ1n) is 13.2. The third kappa shape index (κ3) is 5.24. The Bertz CT molecular complexity index is 1650. The van der Waals surface area contributed by atoms with Crippen molar-refractivity contribution in [1.29, 1.82) is 0 Å². The lowest BCUT2D eigenvalue weighted by molar-refractivity contribution is -0.137. The number of aryl methyl sites for hydroxylation is 1. The number of hydrogen-bond acceptors (Lipinski definition) is 4. The predicted octanol–water partition coefficient (Wildman–Crippen LogP) is 7.83. The molecule has 6 rings (SSSR count). The predicted molar refractivity (Wildman–Crippen MR) is 147 cm³/mol. The molecule has 5 nitrogen and oxygen atoms in total. The Kier molecular flexibility index (Phi) is 6.54. The highest BCUT2D eigenvalue weighted by molar-refractivity contribution is 5.84. The van der Waals surface area contributed by atoms with Crippen molar-refractivity contribution in [2.24, 2.45) is 4.99 Å². The smallest absolute Gasteiger partial charge is 0.352 e. The van der Waals surface area contributed by atoms with Crippen LogP contribution < -0.4 is 10.7 Å². The highest BCUT2D eigenvalue weighted by Crippen LogP contribution is 2.33. The van der Waals surface area contributed by atoms with Crippen molar-refractivity contribution in [3.63, 3.8) is 0 Å². The summed E-state index contributed by atoms with van der Waals surface area (Å²) >= 11 is 0. The molecule has 1 fully saturated rings. The minimum atomic E-state index is -4.40. The van der Waals surface area contributed by atoms with E-state index in [1.54, 1.807) is 6.20 Å². The molecule has 0 radical (unpaired) electrons. The first-order chi connectivity index (χ1) is 18.8. The number of rotatable bonds is 4. The first-order valence-corrected chi connectivity index (χ1v) is 13.2. The molecular formula is C31H28F3N5. The first kappa shape index (κ1) is 25.1. The van der Waals surface area contributed by atoms with E-state index in [1.165, 1.54) is 18.6 Å². The second-order valence-corrected chi connectivity index (χ2v) is 10.1. The lowest BCUT2D eigenvalue weighted by Gasteiger charge is -2.22. The summed E-state index contributed by atoms with van der Waals surface area (Å²) in [4.78, 5) is 14.5. The average molecular weight is 528 g/mol. The number of para-hydroxylation sites is 2. The number of anilines is 2. The quantitative estimate of drug-likeness (QED) is 0.242. The number of alkyl halides is 3. The van der Waals surface area contributed by atoms with Crippen molar-refractivity contribution < 1.29 is 13.2 Å². The zero-order valence-corrected chi connectivity index (χ0v) is 21.5. The fraction of sp³-hybridized carbons (Fsp3) is 0.258. The fourth-order valence-electron chi connectivity index (χ4n) is 5.23. The summed E-state index contributed by atoms with van der Waals surface area (Å²) in [6.45, 7) is 1.94. The van der Waals surface area contributed by atoms with Crippen LogP contribution >= 0.6 is 0 Å². The van der Waals surface area contributed by atoms with Gasteiger partial charge in [0.1, 0.15) is 0 Å². The summed E-state index contributed by atoms with van der Waals surface area (Å²) in [6, 6.07) is 21.1. The number of hydrogen-bond donors (Lipinski definition) is 1. The normalized spacial score (nSPS) is 15.2. The maximum absolute atomic E-state index is 13.3. The van der Waals surface area contributed by atoms with Crippen LogP contribution in [0, 0.1) is 6.92 Å². The molecule has 1 aliphatic heterocycles. The lowest BCUT2D eigenvalue weighted by Crippen LogP contribution is -2.19. The number of fused-ring (bicyclic) bond motifs is 2.